The summed E-state index contributed by atoms with van der Waals surface area (Å²) in [6.07, 6.45) is 3.04. The first-order valence-corrected chi connectivity index (χ1v) is 6.84. The highest BCUT2D eigenvalue weighted by Crippen LogP contribution is 2.25. The minimum Gasteiger partial charge on any atom is -0.494 e. The van der Waals surface area contributed by atoms with Crippen LogP contribution in [0.2, 0.25) is 5.15 Å². The van der Waals surface area contributed by atoms with E-state index in [9.17, 15) is 0 Å². The topological polar surface area (TPSA) is 22.1 Å². The zero-order valence-electron chi connectivity index (χ0n) is 10.9. The fourth-order valence-corrected chi connectivity index (χ4v) is 2.17. The Bertz CT molecular complexity index is 539. The summed E-state index contributed by atoms with van der Waals surface area (Å²) < 4.78 is 5.63. The number of aromatic nitrogens is 1. The van der Waals surface area contributed by atoms with Gasteiger partial charge in [0.05, 0.1) is 12.1 Å². The van der Waals surface area contributed by atoms with Crippen LogP contribution in [-0.2, 0) is 6.42 Å². The zero-order chi connectivity index (χ0) is 13.0. The normalized spacial score (nSPS) is 10.8. The number of hydrogen-bond acceptors (Lipinski definition) is 2. The van der Waals surface area contributed by atoms with Crippen molar-refractivity contribution in [2.45, 2.75) is 33.1 Å². The van der Waals surface area contributed by atoms with Gasteiger partial charge in [-0.2, -0.15) is 0 Å². The molecule has 0 saturated carbocycles. The first-order chi connectivity index (χ1) is 8.74. The molecule has 0 N–H and O–H groups in total. The maximum atomic E-state index is 6.16. The Kier molecular flexibility index (Phi) is 4.43. The molecule has 0 unspecified atom stereocenters. The zero-order valence-corrected chi connectivity index (χ0v) is 11.6. The van der Waals surface area contributed by atoms with E-state index in [0.29, 0.717) is 5.15 Å². The molecule has 1 aromatic carbocycles. The average Bonchev–Trinajstić information content (AvgIpc) is 2.37. The molecule has 0 spiro atoms. The molecular formula is C15H18ClNO. The third kappa shape index (κ3) is 2.94. The fraction of sp³-hybridized carbons (Fsp3) is 0.400. The number of hydrogen-bond donors (Lipinski definition) is 0. The predicted molar refractivity (Wildman–Crippen MR) is 76.5 cm³/mol. The Balaban J connectivity index is 2.38. The minimum atomic E-state index is 0.617. The van der Waals surface area contributed by atoms with Crippen molar-refractivity contribution in [3.63, 3.8) is 0 Å². The molecule has 2 nitrogen and oxygen atoms in total. The van der Waals surface area contributed by atoms with Gasteiger partial charge in [0, 0.05) is 5.39 Å². The number of nitrogens with zero attached hydrogens (tertiary/aromatic N) is 1. The van der Waals surface area contributed by atoms with Gasteiger partial charge in [0.2, 0.25) is 0 Å². The van der Waals surface area contributed by atoms with Crippen LogP contribution >= 0.6 is 11.6 Å². The van der Waals surface area contributed by atoms with Crippen molar-refractivity contribution in [1.29, 1.82) is 0 Å². The Morgan fingerprint density at radius 2 is 2.00 bits per heavy atom. The summed E-state index contributed by atoms with van der Waals surface area (Å²) in [6, 6.07) is 8.06. The molecule has 2 rings (SSSR count). The first kappa shape index (κ1) is 13.2. The lowest BCUT2D eigenvalue weighted by atomic mass is 10.1. The highest BCUT2D eigenvalue weighted by atomic mass is 35.5. The van der Waals surface area contributed by atoms with Crippen molar-refractivity contribution in [1.82, 2.24) is 4.98 Å². The van der Waals surface area contributed by atoms with E-state index in [4.69, 9.17) is 16.3 Å². The molecule has 2 aromatic rings. The molecule has 0 radical (unpaired) electrons. The summed E-state index contributed by atoms with van der Waals surface area (Å²) in [5, 5.41) is 1.71. The quantitative estimate of drug-likeness (QED) is 0.734. The maximum Gasteiger partial charge on any atom is 0.132 e. The van der Waals surface area contributed by atoms with Gasteiger partial charge >= 0.3 is 0 Å². The molecule has 3 heteroatoms. The van der Waals surface area contributed by atoms with Gasteiger partial charge in [-0.1, -0.05) is 31.9 Å². The standard InChI is InChI=1S/C15H18ClNO/c1-3-5-11-9-12-10-13(18-8-4-2)6-7-14(12)17-15(11)16/h6-7,9-10H,3-5,8H2,1-2H3. The van der Waals surface area contributed by atoms with E-state index in [1.54, 1.807) is 0 Å². The van der Waals surface area contributed by atoms with E-state index < -0.39 is 0 Å². The lowest BCUT2D eigenvalue weighted by Crippen LogP contribution is -1.95. The van der Waals surface area contributed by atoms with Gasteiger partial charge in [0.1, 0.15) is 10.9 Å². The highest BCUT2D eigenvalue weighted by Gasteiger charge is 2.05. The molecule has 1 heterocycles. The molecule has 0 atom stereocenters. The SMILES string of the molecule is CCCOc1ccc2nc(Cl)c(CCC)cc2c1. The van der Waals surface area contributed by atoms with Crippen LogP contribution in [0.25, 0.3) is 10.9 Å². The van der Waals surface area contributed by atoms with Crippen molar-refractivity contribution < 1.29 is 4.74 Å². The van der Waals surface area contributed by atoms with Crippen LogP contribution in [0.5, 0.6) is 5.75 Å². The Morgan fingerprint density at radius 3 is 2.72 bits per heavy atom. The third-order valence-electron chi connectivity index (χ3n) is 2.80. The van der Waals surface area contributed by atoms with Crippen LogP contribution in [0.15, 0.2) is 24.3 Å². The largest absolute Gasteiger partial charge is 0.494 e. The number of pyridine rings is 1. The predicted octanol–water partition coefficient (Wildman–Crippen LogP) is 4.63. The number of ether oxygens (including phenoxy) is 1. The smallest absolute Gasteiger partial charge is 0.132 e. The van der Waals surface area contributed by atoms with Crippen LogP contribution in [0, 0.1) is 0 Å². The summed E-state index contributed by atoms with van der Waals surface area (Å²) in [4.78, 5) is 4.43. The van der Waals surface area contributed by atoms with Gasteiger partial charge < -0.3 is 4.74 Å². The average molecular weight is 264 g/mol. The molecule has 1 aromatic heterocycles. The molecular weight excluding hydrogens is 246 g/mol. The van der Waals surface area contributed by atoms with Crippen LogP contribution in [-0.4, -0.2) is 11.6 Å². The summed E-state index contributed by atoms with van der Waals surface area (Å²) in [6.45, 7) is 4.98. The number of benzene rings is 1. The van der Waals surface area contributed by atoms with E-state index in [1.165, 1.54) is 0 Å². The van der Waals surface area contributed by atoms with E-state index in [-0.39, 0.29) is 0 Å². The number of rotatable bonds is 5. The molecule has 0 bridgehead atoms. The van der Waals surface area contributed by atoms with Crippen molar-refractivity contribution in [3.8, 4) is 5.75 Å². The van der Waals surface area contributed by atoms with Gasteiger partial charge in [-0.3, -0.25) is 0 Å². The molecule has 0 aliphatic rings. The molecule has 0 aliphatic carbocycles. The van der Waals surface area contributed by atoms with Crippen molar-refractivity contribution in [3.05, 3.63) is 35.0 Å². The number of halogens is 1. The monoisotopic (exact) mass is 263 g/mol. The highest BCUT2D eigenvalue weighted by molar-refractivity contribution is 6.30. The minimum absolute atomic E-state index is 0.617. The summed E-state index contributed by atoms with van der Waals surface area (Å²) in [7, 11) is 0. The van der Waals surface area contributed by atoms with E-state index in [1.807, 2.05) is 18.2 Å². The second-order valence-electron chi connectivity index (χ2n) is 4.39. The van der Waals surface area contributed by atoms with Crippen molar-refractivity contribution in [2.75, 3.05) is 6.61 Å². The Hall–Kier alpha value is -1.28. The van der Waals surface area contributed by atoms with Gasteiger partial charge in [-0.25, -0.2) is 4.98 Å². The lowest BCUT2D eigenvalue weighted by molar-refractivity contribution is 0.318. The second-order valence-corrected chi connectivity index (χ2v) is 4.75. The van der Waals surface area contributed by atoms with Crippen LogP contribution < -0.4 is 4.74 Å². The second kappa shape index (κ2) is 6.05. The van der Waals surface area contributed by atoms with Crippen LogP contribution in [0.4, 0.5) is 0 Å². The first-order valence-electron chi connectivity index (χ1n) is 6.46. The molecule has 0 fully saturated rings. The van der Waals surface area contributed by atoms with Crippen molar-refractivity contribution >= 4 is 22.5 Å². The van der Waals surface area contributed by atoms with Crippen LogP contribution in [0.3, 0.4) is 0 Å². The number of fused-ring (bicyclic) bond motifs is 1. The maximum absolute atomic E-state index is 6.16. The Morgan fingerprint density at radius 1 is 1.17 bits per heavy atom. The van der Waals surface area contributed by atoms with E-state index in [2.05, 4.69) is 24.9 Å². The van der Waals surface area contributed by atoms with Gasteiger partial charge in [0.25, 0.3) is 0 Å². The molecule has 0 amide bonds. The summed E-state index contributed by atoms with van der Waals surface area (Å²) in [5.41, 5.74) is 2.03. The van der Waals surface area contributed by atoms with E-state index >= 15 is 0 Å². The van der Waals surface area contributed by atoms with Crippen molar-refractivity contribution in [2.24, 2.45) is 0 Å². The molecule has 96 valence electrons. The number of aryl methyl sites for hydroxylation is 1. The van der Waals surface area contributed by atoms with Crippen LogP contribution in [0.1, 0.15) is 32.3 Å². The summed E-state index contributed by atoms with van der Waals surface area (Å²) >= 11 is 6.16. The van der Waals surface area contributed by atoms with Gasteiger partial charge in [-0.05, 0) is 42.7 Å². The van der Waals surface area contributed by atoms with Gasteiger partial charge in [-0.15, -0.1) is 0 Å². The Labute approximate surface area is 113 Å². The summed E-state index contributed by atoms with van der Waals surface area (Å²) in [5.74, 6) is 0.899. The van der Waals surface area contributed by atoms with Gasteiger partial charge in [0.15, 0.2) is 0 Å². The lowest BCUT2D eigenvalue weighted by Gasteiger charge is -2.08. The fourth-order valence-electron chi connectivity index (χ4n) is 1.93. The molecule has 0 saturated heterocycles. The molecule has 18 heavy (non-hydrogen) atoms. The van der Waals surface area contributed by atoms with E-state index in [0.717, 1.165) is 48.1 Å². The third-order valence-corrected chi connectivity index (χ3v) is 3.13. The molecule has 0 aliphatic heterocycles.